The fourth-order valence-electron chi connectivity index (χ4n) is 3.51. The van der Waals surface area contributed by atoms with E-state index >= 15 is 0 Å². The number of unbranched alkanes of at least 4 members (excludes halogenated alkanes) is 3. The van der Waals surface area contributed by atoms with Gasteiger partial charge in [-0.3, -0.25) is 9.91 Å². The highest BCUT2D eigenvalue weighted by molar-refractivity contribution is 5.92. The number of ether oxygens (including phenoxy) is 1. The molecule has 0 aliphatic heterocycles. The lowest BCUT2D eigenvalue weighted by Gasteiger charge is -2.30. The second-order valence-electron chi connectivity index (χ2n) is 10.2. The van der Waals surface area contributed by atoms with Crippen LogP contribution in [0, 0.1) is 23.1 Å². The summed E-state index contributed by atoms with van der Waals surface area (Å²) < 4.78 is 18.8. The molecule has 0 bridgehead atoms. The molecule has 38 heavy (non-hydrogen) atoms. The molecule has 0 unspecified atom stereocenters. The van der Waals surface area contributed by atoms with E-state index in [1.54, 1.807) is 28.1 Å². The van der Waals surface area contributed by atoms with E-state index in [0.717, 1.165) is 19.3 Å². The van der Waals surface area contributed by atoms with Crippen molar-refractivity contribution in [3.63, 3.8) is 0 Å². The van der Waals surface area contributed by atoms with Gasteiger partial charge in [0, 0.05) is 37.6 Å². The standard InChI is InChI=1S/C27H38FN7O3/c1-20(2)19-35(24-14-16-30-23(18-29)32-24)33-25(36)34(22-12-10-21(28)11-13-22)17-9-7-6-8-15-31-26(37)38-27(3,4)5/h10-14,16,20H,6-9,15,17,19H2,1-5H3,(H,31,37)(H,33,36). The normalized spacial score (nSPS) is 11.0. The summed E-state index contributed by atoms with van der Waals surface area (Å²) in [4.78, 5) is 34.8. The highest BCUT2D eigenvalue weighted by Crippen LogP contribution is 2.18. The van der Waals surface area contributed by atoms with E-state index in [1.165, 1.54) is 18.3 Å². The topological polar surface area (TPSA) is 123 Å². The smallest absolute Gasteiger partial charge is 0.407 e. The molecule has 11 heteroatoms. The van der Waals surface area contributed by atoms with E-state index < -0.39 is 23.5 Å². The van der Waals surface area contributed by atoms with Crippen LogP contribution < -0.4 is 20.7 Å². The molecule has 1 aromatic heterocycles. The van der Waals surface area contributed by atoms with Gasteiger partial charge in [-0.1, -0.05) is 26.7 Å². The third kappa shape index (κ3) is 11.0. The number of carbonyl (C=O) groups excluding carboxylic acids is 2. The van der Waals surface area contributed by atoms with Crippen LogP contribution in [0.25, 0.3) is 0 Å². The molecule has 2 N–H and O–H groups in total. The molecule has 2 rings (SSSR count). The molecule has 0 fully saturated rings. The van der Waals surface area contributed by atoms with Crippen molar-refractivity contribution in [1.82, 2.24) is 20.7 Å². The lowest BCUT2D eigenvalue weighted by atomic mass is 10.2. The van der Waals surface area contributed by atoms with Crippen molar-refractivity contribution in [1.29, 1.82) is 5.26 Å². The number of nitrogens with one attached hydrogen (secondary N) is 2. The van der Waals surface area contributed by atoms with Crippen LogP contribution in [-0.4, -0.2) is 47.3 Å². The number of benzene rings is 1. The average molecular weight is 528 g/mol. The van der Waals surface area contributed by atoms with Crippen molar-refractivity contribution in [2.75, 3.05) is 29.5 Å². The number of hydrazine groups is 1. The Labute approximate surface area is 224 Å². The Balaban J connectivity index is 2.00. The van der Waals surface area contributed by atoms with Gasteiger partial charge in [-0.15, -0.1) is 0 Å². The molecule has 0 aliphatic rings. The average Bonchev–Trinajstić information content (AvgIpc) is 2.84. The number of aromatic nitrogens is 2. The van der Waals surface area contributed by atoms with E-state index in [1.807, 2.05) is 40.7 Å². The maximum atomic E-state index is 13.6. The molecule has 1 heterocycles. The first-order chi connectivity index (χ1) is 18.0. The number of anilines is 2. The van der Waals surface area contributed by atoms with Crippen LogP contribution >= 0.6 is 0 Å². The zero-order valence-electron chi connectivity index (χ0n) is 22.8. The van der Waals surface area contributed by atoms with Crippen LogP contribution in [0.1, 0.15) is 66.1 Å². The quantitative estimate of drug-likeness (QED) is 0.288. The third-order valence-corrected chi connectivity index (χ3v) is 5.16. The molecule has 2 aromatic rings. The molecule has 3 amide bonds. The molecule has 10 nitrogen and oxygen atoms in total. The first-order valence-corrected chi connectivity index (χ1v) is 12.8. The summed E-state index contributed by atoms with van der Waals surface area (Å²) in [5.74, 6) is 0.194. The molecule has 0 spiro atoms. The molecule has 206 valence electrons. The minimum absolute atomic E-state index is 0.00190. The van der Waals surface area contributed by atoms with E-state index in [0.29, 0.717) is 37.6 Å². The van der Waals surface area contributed by atoms with Gasteiger partial charge < -0.3 is 10.1 Å². The van der Waals surface area contributed by atoms with Gasteiger partial charge in [0.2, 0.25) is 5.82 Å². The first-order valence-electron chi connectivity index (χ1n) is 12.8. The van der Waals surface area contributed by atoms with E-state index in [2.05, 4.69) is 20.7 Å². The van der Waals surface area contributed by atoms with Crippen LogP contribution in [0.15, 0.2) is 36.5 Å². The summed E-state index contributed by atoms with van der Waals surface area (Å²) >= 11 is 0. The maximum Gasteiger partial charge on any atom is 0.407 e. The van der Waals surface area contributed by atoms with Crippen molar-refractivity contribution in [2.45, 2.75) is 65.9 Å². The number of nitriles is 1. The Morgan fingerprint density at radius 1 is 1.11 bits per heavy atom. The summed E-state index contributed by atoms with van der Waals surface area (Å²) in [5, 5.41) is 13.5. The lowest BCUT2D eigenvalue weighted by Crippen LogP contribution is -2.51. The molecule has 1 aromatic carbocycles. The summed E-state index contributed by atoms with van der Waals surface area (Å²) in [7, 11) is 0. The Bertz CT molecular complexity index is 1080. The van der Waals surface area contributed by atoms with Gasteiger partial charge in [0.05, 0.1) is 0 Å². The molecule has 0 atom stereocenters. The second-order valence-corrected chi connectivity index (χ2v) is 10.2. The number of urea groups is 1. The minimum atomic E-state index is -0.537. The van der Waals surface area contributed by atoms with Gasteiger partial charge >= 0.3 is 12.1 Å². The van der Waals surface area contributed by atoms with Crippen molar-refractivity contribution < 1.29 is 18.7 Å². The van der Waals surface area contributed by atoms with E-state index in [9.17, 15) is 14.0 Å². The molecule has 0 saturated carbocycles. The number of halogens is 1. The summed E-state index contributed by atoms with van der Waals surface area (Å²) in [6.07, 6.45) is 4.19. The fraction of sp³-hybridized carbons (Fsp3) is 0.519. The fourth-order valence-corrected chi connectivity index (χ4v) is 3.51. The largest absolute Gasteiger partial charge is 0.444 e. The van der Waals surface area contributed by atoms with Crippen LogP contribution in [0.3, 0.4) is 0 Å². The number of nitrogens with zero attached hydrogens (tertiary/aromatic N) is 5. The molecular weight excluding hydrogens is 489 g/mol. The predicted molar refractivity (Wildman–Crippen MR) is 144 cm³/mol. The van der Waals surface area contributed by atoms with E-state index in [4.69, 9.17) is 10.00 Å². The van der Waals surface area contributed by atoms with Gasteiger partial charge in [-0.2, -0.15) is 10.2 Å². The second kappa shape index (κ2) is 14.7. The number of carbonyl (C=O) groups is 2. The summed E-state index contributed by atoms with van der Waals surface area (Å²) in [6.45, 7) is 10.8. The Hall–Kier alpha value is -3.94. The SMILES string of the molecule is CC(C)CN(NC(=O)N(CCCCCCNC(=O)OC(C)(C)C)c1ccc(F)cc1)c1ccnc(C#N)n1. The number of rotatable bonds is 12. The zero-order valence-corrected chi connectivity index (χ0v) is 22.8. The summed E-state index contributed by atoms with van der Waals surface area (Å²) in [6, 6.07) is 8.88. The van der Waals surface area contributed by atoms with Crippen molar-refractivity contribution in [2.24, 2.45) is 5.92 Å². The minimum Gasteiger partial charge on any atom is -0.444 e. The van der Waals surface area contributed by atoms with Crippen LogP contribution in [0.5, 0.6) is 0 Å². The molecule has 0 aliphatic carbocycles. The number of amides is 3. The van der Waals surface area contributed by atoms with Crippen molar-refractivity contribution in [3.05, 3.63) is 48.2 Å². The van der Waals surface area contributed by atoms with Crippen LogP contribution in [0.4, 0.5) is 25.5 Å². The maximum absolute atomic E-state index is 13.6. The lowest BCUT2D eigenvalue weighted by molar-refractivity contribution is 0.0527. The third-order valence-electron chi connectivity index (χ3n) is 5.16. The molecular formula is C27H38FN7O3. The van der Waals surface area contributed by atoms with Crippen molar-refractivity contribution in [3.8, 4) is 6.07 Å². The van der Waals surface area contributed by atoms with Crippen molar-refractivity contribution >= 4 is 23.6 Å². The highest BCUT2D eigenvalue weighted by atomic mass is 19.1. The van der Waals surface area contributed by atoms with Crippen LogP contribution in [0.2, 0.25) is 0 Å². The highest BCUT2D eigenvalue weighted by Gasteiger charge is 2.21. The number of hydrogen-bond acceptors (Lipinski definition) is 7. The molecule has 0 saturated heterocycles. The number of hydrogen-bond donors (Lipinski definition) is 2. The summed E-state index contributed by atoms with van der Waals surface area (Å²) in [5.41, 5.74) is 2.91. The van der Waals surface area contributed by atoms with Gasteiger partial charge in [0.15, 0.2) is 5.82 Å². The predicted octanol–water partition coefficient (Wildman–Crippen LogP) is 5.17. The van der Waals surface area contributed by atoms with Gasteiger partial charge in [-0.05, 0) is 63.8 Å². The van der Waals surface area contributed by atoms with E-state index in [-0.39, 0.29) is 11.7 Å². The Morgan fingerprint density at radius 2 is 1.79 bits per heavy atom. The first kappa shape index (κ1) is 30.3. The van der Waals surface area contributed by atoms with Crippen LogP contribution in [-0.2, 0) is 4.74 Å². The Morgan fingerprint density at radius 3 is 2.42 bits per heavy atom. The van der Waals surface area contributed by atoms with Gasteiger partial charge in [0.25, 0.3) is 0 Å². The Kier molecular flexibility index (Phi) is 11.7. The van der Waals surface area contributed by atoms with Gasteiger partial charge in [0.1, 0.15) is 17.5 Å². The zero-order chi connectivity index (χ0) is 28.1. The van der Waals surface area contributed by atoms with Gasteiger partial charge in [-0.25, -0.2) is 24.4 Å². The molecule has 0 radical (unpaired) electrons. The monoisotopic (exact) mass is 527 g/mol. The number of alkyl carbamates (subject to hydrolysis) is 1.